The van der Waals surface area contributed by atoms with Crippen molar-refractivity contribution in [2.45, 2.75) is 13.8 Å². The Kier molecular flexibility index (Phi) is 2.23. The molecule has 5 heteroatoms. The molecule has 0 atom stereocenters. The molecular formula is C11H11N3O2. The van der Waals surface area contributed by atoms with E-state index in [-0.39, 0.29) is 5.69 Å². The number of non-ortho nitro benzene ring substituents is 1. The Balaban J connectivity index is 2.82. The van der Waals surface area contributed by atoms with Crippen molar-refractivity contribution in [3.63, 3.8) is 0 Å². The van der Waals surface area contributed by atoms with Crippen molar-refractivity contribution < 1.29 is 4.92 Å². The molecule has 82 valence electrons. The van der Waals surface area contributed by atoms with Crippen molar-refractivity contribution in [1.82, 2.24) is 4.98 Å². The van der Waals surface area contributed by atoms with Crippen molar-refractivity contribution >= 4 is 22.3 Å². The number of nitro benzene ring substituents is 1. The molecule has 2 aromatic rings. The molecule has 0 aliphatic heterocycles. The first-order chi connectivity index (χ1) is 7.50. The molecule has 0 amide bonds. The van der Waals surface area contributed by atoms with E-state index in [9.17, 15) is 10.1 Å². The Bertz CT molecular complexity index is 593. The van der Waals surface area contributed by atoms with Gasteiger partial charge >= 0.3 is 0 Å². The fraction of sp³-hybridized carbons (Fsp3) is 0.182. The molecule has 0 saturated heterocycles. The van der Waals surface area contributed by atoms with Gasteiger partial charge in [0.05, 0.1) is 10.4 Å². The maximum absolute atomic E-state index is 10.7. The smallest absolute Gasteiger partial charge is 0.270 e. The highest BCUT2D eigenvalue weighted by Crippen LogP contribution is 2.28. The van der Waals surface area contributed by atoms with Gasteiger partial charge in [-0.3, -0.25) is 15.1 Å². The molecule has 1 aromatic carbocycles. The van der Waals surface area contributed by atoms with Gasteiger partial charge < -0.3 is 5.73 Å². The molecule has 1 heterocycles. The van der Waals surface area contributed by atoms with Crippen molar-refractivity contribution in [3.05, 3.63) is 39.6 Å². The largest absolute Gasteiger partial charge is 0.398 e. The average molecular weight is 217 g/mol. The van der Waals surface area contributed by atoms with E-state index in [1.807, 2.05) is 13.8 Å². The number of anilines is 1. The first kappa shape index (κ1) is 10.4. The summed E-state index contributed by atoms with van der Waals surface area (Å²) in [5.74, 6) is 0. The minimum atomic E-state index is -0.436. The monoisotopic (exact) mass is 217 g/mol. The molecule has 0 fully saturated rings. The van der Waals surface area contributed by atoms with Crippen LogP contribution in [0.5, 0.6) is 0 Å². The van der Waals surface area contributed by atoms with Gasteiger partial charge in [-0.25, -0.2) is 0 Å². The van der Waals surface area contributed by atoms with E-state index in [0.29, 0.717) is 16.6 Å². The van der Waals surface area contributed by atoms with E-state index in [0.717, 1.165) is 11.3 Å². The van der Waals surface area contributed by atoms with Gasteiger partial charge in [-0.1, -0.05) is 0 Å². The van der Waals surface area contributed by atoms with Gasteiger partial charge in [0.1, 0.15) is 0 Å². The number of nitro groups is 1. The highest BCUT2D eigenvalue weighted by Gasteiger charge is 2.11. The van der Waals surface area contributed by atoms with E-state index in [1.54, 1.807) is 6.07 Å². The quantitative estimate of drug-likeness (QED) is 0.587. The van der Waals surface area contributed by atoms with Crippen LogP contribution in [0, 0.1) is 24.0 Å². The minimum Gasteiger partial charge on any atom is -0.398 e. The van der Waals surface area contributed by atoms with Crippen LogP contribution >= 0.6 is 0 Å². The molecule has 0 aliphatic carbocycles. The number of benzene rings is 1. The predicted octanol–water partition coefficient (Wildman–Crippen LogP) is 2.34. The lowest BCUT2D eigenvalue weighted by atomic mass is 10.1. The Hall–Kier alpha value is -2.17. The fourth-order valence-electron chi connectivity index (χ4n) is 1.61. The summed E-state index contributed by atoms with van der Waals surface area (Å²) in [4.78, 5) is 14.5. The van der Waals surface area contributed by atoms with Gasteiger partial charge in [0.15, 0.2) is 0 Å². The van der Waals surface area contributed by atoms with Crippen molar-refractivity contribution in [3.8, 4) is 0 Å². The molecule has 1 aromatic heterocycles. The Labute approximate surface area is 92.1 Å². The second kappa shape index (κ2) is 3.44. The van der Waals surface area contributed by atoms with Crippen LogP contribution in [0.2, 0.25) is 0 Å². The molecule has 0 aliphatic rings. The molecule has 16 heavy (non-hydrogen) atoms. The summed E-state index contributed by atoms with van der Waals surface area (Å²) in [6.45, 7) is 3.72. The molecule has 0 radical (unpaired) electrons. The number of aryl methyl sites for hydroxylation is 1. The normalized spacial score (nSPS) is 10.6. The lowest BCUT2D eigenvalue weighted by molar-refractivity contribution is -0.384. The molecule has 0 unspecified atom stereocenters. The zero-order valence-corrected chi connectivity index (χ0v) is 9.02. The third kappa shape index (κ3) is 1.46. The number of nitrogens with zero attached hydrogens (tertiary/aromatic N) is 2. The average Bonchev–Trinajstić information content (AvgIpc) is 2.25. The van der Waals surface area contributed by atoms with Gasteiger partial charge in [0, 0.05) is 28.9 Å². The number of pyridine rings is 1. The summed E-state index contributed by atoms with van der Waals surface area (Å²) in [7, 11) is 0. The van der Waals surface area contributed by atoms with Crippen LogP contribution in [0.25, 0.3) is 10.9 Å². The van der Waals surface area contributed by atoms with Gasteiger partial charge in [0.2, 0.25) is 0 Å². The van der Waals surface area contributed by atoms with E-state index in [4.69, 9.17) is 5.73 Å². The highest BCUT2D eigenvalue weighted by atomic mass is 16.6. The molecule has 5 nitrogen and oxygen atoms in total. The number of hydrogen-bond donors (Lipinski definition) is 1. The number of rotatable bonds is 1. The van der Waals surface area contributed by atoms with Crippen LogP contribution in [0.15, 0.2) is 18.2 Å². The molecular weight excluding hydrogens is 206 g/mol. The summed E-state index contributed by atoms with van der Waals surface area (Å²) in [5.41, 5.74) is 8.92. The van der Waals surface area contributed by atoms with Crippen molar-refractivity contribution in [1.29, 1.82) is 0 Å². The highest BCUT2D eigenvalue weighted by molar-refractivity contribution is 5.93. The Morgan fingerprint density at radius 1 is 1.38 bits per heavy atom. The third-order valence-electron chi connectivity index (χ3n) is 2.72. The molecule has 2 rings (SSSR count). The second-order valence-corrected chi connectivity index (χ2v) is 3.69. The first-order valence-electron chi connectivity index (χ1n) is 4.81. The Morgan fingerprint density at radius 3 is 2.69 bits per heavy atom. The number of nitrogens with two attached hydrogens (primary N) is 1. The lowest BCUT2D eigenvalue weighted by Gasteiger charge is -2.07. The van der Waals surface area contributed by atoms with Crippen LogP contribution in [0.1, 0.15) is 11.3 Å². The SMILES string of the molecule is Cc1nc2ccc([N+](=O)[O-])cc2c(N)c1C. The number of hydrogen-bond acceptors (Lipinski definition) is 4. The standard InChI is InChI=1S/C11H11N3O2/c1-6-7(2)13-10-4-3-8(14(15)16)5-9(10)11(6)12/h3-5H,1-2H3,(H2,12,13). The van der Waals surface area contributed by atoms with Gasteiger partial charge in [-0.2, -0.15) is 0 Å². The summed E-state index contributed by atoms with van der Waals surface area (Å²) in [6, 6.07) is 4.52. The maximum atomic E-state index is 10.7. The Morgan fingerprint density at radius 2 is 2.06 bits per heavy atom. The predicted molar refractivity (Wildman–Crippen MR) is 62.3 cm³/mol. The molecule has 0 bridgehead atoms. The second-order valence-electron chi connectivity index (χ2n) is 3.69. The first-order valence-corrected chi connectivity index (χ1v) is 4.81. The van der Waals surface area contributed by atoms with Crippen molar-refractivity contribution in [2.24, 2.45) is 0 Å². The minimum absolute atomic E-state index is 0.0317. The summed E-state index contributed by atoms with van der Waals surface area (Å²) >= 11 is 0. The van der Waals surface area contributed by atoms with E-state index in [1.165, 1.54) is 12.1 Å². The van der Waals surface area contributed by atoms with Gasteiger partial charge in [-0.15, -0.1) is 0 Å². The van der Waals surface area contributed by atoms with Crippen molar-refractivity contribution in [2.75, 3.05) is 5.73 Å². The number of fused-ring (bicyclic) bond motifs is 1. The van der Waals surface area contributed by atoms with Gasteiger partial charge in [0.25, 0.3) is 5.69 Å². The van der Waals surface area contributed by atoms with E-state index in [2.05, 4.69) is 4.98 Å². The van der Waals surface area contributed by atoms with Crippen LogP contribution in [0.3, 0.4) is 0 Å². The number of nitrogen functional groups attached to an aromatic ring is 1. The zero-order chi connectivity index (χ0) is 11.9. The van der Waals surface area contributed by atoms with E-state index < -0.39 is 4.92 Å². The topological polar surface area (TPSA) is 82.0 Å². The number of aromatic nitrogens is 1. The summed E-state index contributed by atoms with van der Waals surface area (Å²) < 4.78 is 0. The summed E-state index contributed by atoms with van der Waals surface area (Å²) in [5, 5.41) is 11.3. The van der Waals surface area contributed by atoms with Crippen LogP contribution in [-0.2, 0) is 0 Å². The molecule has 0 saturated carbocycles. The van der Waals surface area contributed by atoms with Crippen LogP contribution in [0.4, 0.5) is 11.4 Å². The fourth-order valence-corrected chi connectivity index (χ4v) is 1.61. The van der Waals surface area contributed by atoms with Crippen LogP contribution in [-0.4, -0.2) is 9.91 Å². The van der Waals surface area contributed by atoms with Crippen LogP contribution < -0.4 is 5.73 Å². The third-order valence-corrected chi connectivity index (χ3v) is 2.72. The maximum Gasteiger partial charge on any atom is 0.270 e. The molecule has 2 N–H and O–H groups in total. The molecule has 0 spiro atoms. The van der Waals surface area contributed by atoms with Gasteiger partial charge in [-0.05, 0) is 25.5 Å². The zero-order valence-electron chi connectivity index (χ0n) is 9.02. The lowest BCUT2D eigenvalue weighted by Crippen LogP contribution is -1.98. The summed E-state index contributed by atoms with van der Waals surface area (Å²) in [6.07, 6.45) is 0. The van der Waals surface area contributed by atoms with E-state index >= 15 is 0 Å².